The number of hydrogen-bond acceptors (Lipinski definition) is 2. The van der Waals surface area contributed by atoms with Gasteiger partial charge in [0.1, 0.15) is 0 Å². The number of nitrogens with one attached hydrogen (secondary N) is 2. The third-order valence-electron chi connectivity index (χ3n) is 12.3. The van der Waals surface area contributed by atoms with E-state index in [0.29, 0.717) is 25.9 Å². The van der Waals surface area contributed by atoms with E-state index >= 15 is 0 Å². The van der Waals surface area contributed by atoms with Crippen LogP contribution in [0.4, 0.5) is 0 Å². The second-order valence-corrected chi connectivity index (χ2v) is 18.0. The first-order valence-corrected chi connectivity index (χ1v) is 26.2. The van der Waals surface area contributed by atoms with Crippen LogP contribution in [0.2, 0.25) is 0 Å². The Hall–Kier alpha value is -1.06. The van der Waals surface area contributed by atoms with Crippen molar-refractivity contribution < 1.29 is 9.59 Å². The molecule has 2 amide bonds. The van der Waals surface area contributed by atoms with Gasteiger partial charge in [-0.05, 0) is 12.8 Å². The maximum Gasteiger partial charge on any atom is 0.220 e. The summed E-state index contributed by atoms with van der Waals surface area (Å²) in [4.78, 5) is 24.3. The molecule has 4 heteroatoms. The van der Waals surface area contributed by atoms with Crippen LogP contribution in [-0.2, 0) is 9.59 Å². The SMILES string of the molecule is CCCCCCCCCCCCCCCCCCCCCCCCC(=O)NCCNC(=O)CCCCCCCCCCCCCCCCCCCCCCCC. The van der Waals surface area contributed by atoms with Gasteiger partial charge in [-0.25, -0.2) is 0 Å². The lowest BCUT2D eigenvalue weighted by Gasteiger charge is -2.07. The molecule has 0 unspecified atom stereocenters. The summed E-state index contributed by atoms with van der Waals surface area (Å²) in [6.45, 7) is 5.68. The molecular formula is C52H104N2O2. The van der Waals surface area contributed by atoms with E-state index in [1.165, 1.54) is 257 Å². The maximum absolute atomic E-state index is 12.2. The fraction of sp³-hybridized carbons (Fsp3) is 0.962. The molecule has 0 aromatic heterocycles. The predicted octanol–water partition coefficient (Wildman–Crippen LogP) is 17.2. The van der Waals surface area contributed by atoms with Crippen LogP contribution in [-0.4, -0.2) is 24.9 Å². The summed E-state index contributed by atoms with van der Waals surface area (Å²) in [6.07, 6.45) is 62.1. The number of carbonyl (C=O) groups is 2. The Labute approximate surface area is 353 Å². The Morgan fingerprint density at radius 2 is 0.375 bits per heavy atom. The maximum atomic E-state index is 12.2. The van der Waals surface area contributed by atoms with Crippen molar-refractivity contribution in [1.82, 2.24) is 10.6 Å². The van der Waals surface area contributed by atoms with Gasteiger partial charge < -0.3 is 10.6 Å². The first-order valence-electron chi connectivity index (χ1n) is 26.2. The molecule has 56 heavy (non-hydrogen) atoms. The molecule has 4 nitrogen and oxygen atoms in total. The summed E-state index contributed by atoms with van der Waals surface area (Å²) in [7, 11) is 0. The van der Waals surface area contributed by atoms with Crippen molar-refractivity contribution in [3.8, 4) is 0 Å². The van der Waals surface area contributed by atoms with Crippen molar-refractivity contribution in [3.63, 3.8) is 0 Å². The molecule has 0 aliphatic heterocycles. The molecule has 334 valence electrons. The van der Waals surface area contributed by atoms with E-state index in [2.05, 4.69) is 24.5 Å². The standard InChI is InChI=1S/C52H104N2O2/c1-3-5-7-9-11-13-15-17-19-21-23-25-27-29-31-33-35-37-39-41-43-45-47-51(55)53-49-50-54-52(56)48-46-44-42-40-38-36-34-32-30-28-26-24-22-20-18-16-14-12-10-8-6-4-2/h3-50H2,1-2H3,(H,53,55)(H,54,56). The molecule has 0 aliphatic rings. The Kier molecular flexibility index (Phi) is 49.1. The fourth-order valence-electron chi connectivity index (χ4n) is 8.37. The van der Waals surface area contributed by atoms with Gasteiger partial charge in [0.2, 0.25) is 11.8 Å². The first-order chi connectivity index (χ1) is 27.7. The molecule has 0 aliphatic carbocycles. The van der Waals surface area contributed by atoms with E-state index in [1.54, 1.807) is 0 Å². The molecule has 0 aromatic carbocycles. The Bertz CT molecular complexity index is 693. The minimum Gasteiger partial charge on any atom is -0.354 e. The lowest BCUT2D eigenvalue weighted by molar-refractivity contribution is -0.123. The van der Waals surface area contributed by atoms with Gasteiger partial charge in [0.25, 0.3) is 0 Å². The average molecular weight is 789 g/mol. The highest BCUT2D eigenvalue weighted by Crippen LogP contribution is 2.17. The number of hydrogen-bond donors (Lipinski definition) is 2. The van der Waals surface area contributed by atoms with Crippen molar-refractivity contribution in [2.45, 2.75) is 309 Å². The quantitative estimate of drug-likeness (QED) is 0.0603. The third kappa shape index (κ3) is 49.1. The highest BCUT2D eigenvalue weighted by molar-refractivity contribution is 5.77. The summed E-state index contributed by atoms with van der Waals surface area (Å²) < 4.78 is 0. The second-order valence-electron chi connectivity index (χ2n) is 18.0. The van der Waals surface area contributed by atoms with Gasteiger partial charge in [0.15, 0.2) is 0 Å². The van der Waals surface area contributed by atoms with E-state index in [1.807, 2.05) is 0 Å². The van der Waals surface area contributed by atoms with Crippen LogP contribution in [0.5, 0.6) is 0 Å². The predicted molar refractivity (Wildman–Crippen MR) is 250 cm³/mol. The molecule has 0 saturated carbocycles. The molecule has 0 bridgehead atoms. The summed E-state index contributed by atoms with van der Waals surface area (Å²) in [6, 6.07) is 0. The van der Waals surface area contributed by atoms with Crippen LogP contribution in [0.15, 0.2) is 0 Å². The Balaban J connectivity index is 3.23. The number of carbonyl (C=O) groups excluding carboxylic acids is 2. The Morgan fingerprint density at radius 1 is 0.232 bits per heavy atom. The van der Waals surface area contributed by atoms with Crippen molar-refractivity contribution in [2.24, 2.45) is 0 Å². The van der Waals surface area contributed by atoms with E-state index < -0.39 is 0 Å². The second kappa shape index (κ2) is 50.1. The molecule has 0 saturated heterocycles. The fourth-order valence-corrected chi connectivity index (χ4v) is 8.37. The van der Waals surface area contributed by atoms with Crippen LogP contribution in [0.3, 0.4) is 0 Å². The molecule has 0 atom stereocenters. The number of amides is 2. The van der Waals surface area contributed by atoms with Crippen LogP contribution in [0.1, 0.15) is 309 Å². The zero-order chi connectivity index (χ0) is 40.5. The topological polar surface area (TPSA) is 58.2 Å². The van der Waals surface area contributed by atoms with Gasteiger partial charge in [0, 0.05) is 25.9 Å². The van der Waals surface area contributed by atoms with Crippen LogP contribution < -0.4 is 10.6 Å². The molecule has 0 radical (unpaired) electrons. The number of rotatable bonds is 49. The lowest BCUT2D eigenvalue weighted by atomic mass is 10.0. The van der Waals surface area contributed by atoms with E-state index in [4.69, 9.17) is 0 Å². The molecular weight excluding hydrogens is 685 g/mol. The molecule has 0 aromatic rings. The zero-order valence-electron chi connectivity index (χ0n) is 38.8. The summed E-state index contributed by atoms with van der Waals surface area (Å²) >= 11 is 0. The van der Waals surface area contributed by atoms with Crippen molar-refractivity contribution in [1.29, 1.82) is 0 Å². The first kappa shape index (κ1) is 54.9. The highest BCUT2D eigenvalue weighted by Gasteiger charge is 2.04. The molecule has 0 heterocycles. The third-order valence-corrected chi connectivity index (χ3v) is 12.3. The van der Waals surface area contributed by atoms with Crippen molar-refractivity contribution in [2.75, 3.05) is 13.1 Å². The zero-order valence-corrected chi connectivity index (χ0v) is 38.8. The normalized spacial score (nSPS) is 11.4. The monoisotopic (exact) mass is 789 g/mol. The summed E-state index contributed by atoms with van der Waals surface area (Å²) in [5.74, 6) is 0.263. The average Bonchev–Trinajstić information content (AvgIpc) is 3.20. The van der Waals surface area contributed by atoms with E-state index in [-0.39, 0.29) is 11.8 Å². The summed E-state index contributed by atoms with van der Waals surface area (Å²) in [5.41, 5.74) is 0. The molecule has 0 spiro atoms. The van der Waals surface area contributed by atoms with Crippen LogP contribution in [0.25, 0.3) is 0 Å². The smallest absolute Gasteiger partial charge is 0.220 e. The highest BCUT2D eigenvalue weighted by atomic mass is 16.2. The lowest BCUT2D eigenvalue weighted by Crippen LogP contribution is -2.34. The van der Waals surface area contributed by atoms with Gasteiger partial charge in [-0.1, -0.05) is 284 Å². The van der Waals surface area contributed by atoms with Gasteiger partial charge in [-0.2, -0.15) is 0 Å². The van der Waals surface area contributed by atoms with Gasteiger partial charge in [-0.3, -0.25) is 9.59 Å². The van der Waals surface area contributed by atoms with Crippen molar-refractivity contribution >= 4 is 11.8 Å². The van der Waals surface area contributed by atoms with Gasteiger partial charge in [-0.15, -0.1) is 0 Å². The Morgan fingerprint density at radius 3 is 0.536 bits per heavy atom. The largest absolute Gasteiger partial charge is 0.354 e. The minimum atomic E-state index is 0.131. The van der Waals surface area contributed by atoms with Gasteiger partial charge >= 0.3 is 0 Å². The molecule has 0 fully saturated rings. The van der Waals surface area contributed by atoms with Gasteiger partial charge in [0.05, 0.1) is 0 Å². The van der Waals surface area contributed by atoms with Crippen molar-refractivity contribution in [3.05, 3.63) is 0 Å². The van der Waals surface area contributed by atoms with E-state index in [9.17, 15) is 9.59 Å². The minimum absolute atomic E-state index is 0.131. The van der Waals surface area contributed by atoms with Crippen LogP contribution >= 0.6 is 0 Å². The summed E-state index contributed by atoms with van der Waals surface area (Å²) in [5, 5.41) is 5.96. The molecule has 2 N–H and O–H groups in total. The van der Waals surface area contributed by atoms with Crippen LogP contribution in [0, 0.1) is 0 Å². The van der Waals surface area contributed by atoms with E-state index in [0.717, 1.165) is 25.7 Å². The number of unbranched alkanes of at least 4 members (excludes halogenated alkanes) is 42. The molecule has 0 rings (SSSR count).